The number of nitro groups is 1. The fraction of sp³-hybridized carbons (Fsp3) is 0.556. The van der Waals surface area contributed by atoms with Crippen molar-refractivity contribution in [1.29, 1.82) is 0 Å². The van der Waals surface area contributed by atoms with Gasteiger partial charge in [-0.3, -0.25) is 10.1 Å². The SMILES string of the molecule is O=[N+]([O-])c1ccn([C@H]2C[C@@H](O)[C@@H](CO)O2)c1. The molecule has 2 N–H and O–H groups in total. The van der Waals surface area contributed by atoms with E-state index < -0.39 is 23.4 Å². The van der Waals surface area contributed by atoms with Gasteiger partial charge in [-0.05, 0) is 0 Å². The molecule has 0 unspecified atom stereocenters. The third-order valence-corrected chi connectivity index (χ3v) is 2.63. The number of rotatable bonds is 3. The molecule has 2 heterocycles. The van der Waals surface area contributed by atoms with E-state index >= 15 is 0 Å². The fourth-order valence-electron chi connectivity index (χ4n) is 1.75. The second-order valence-electron chi connectivity index (χ2n) is 3.69. The zero-order valence-electron chi connectivity index (χ0n) is 8.39. The van der Waals surface area contributed by atoms with Crippen LogP contribution in [0.5, 0.6) is 0 Å². The van der Waals surface area contributed by atoms with Crippen LogP contribution < -0.4 is 0 Å². The first-order chi connectivity index (χ1) is 7.61. The lowest BCUT2D eigenvalue weighted by molar-refractivity contribution is -0.384. The van der Waals surface area contributed by atoms with Crippen molar-refractivity contribution in [2.24, 2.45) is 0 Å². The van der Waals surface area contributed by atoms with E-state index in [2.05, 4.69) is 0 Å². The Bertz CT molecular complexity index is 391. The average molecular weight is 228 g/mol. The first-order valence-corrected chi connectivity index (χ1v) is 4.88. The molecule has 0 spiro atoms. The Morgan fingerprint density at radius 3 is 2.94 bits per heavy atom. The van der Waals surface area contributed by atoms with Gasteiger partial charge >= 0.3 is 0 Å². The number of nitrogens with zero attached hydrogens (tertiary/aromatic N) is 2. The topological polar surface area (TPSA) is 97.8 Å². The summed E-state index contributed by atoms with van der Waals surface area (Å²) >= 11 is 0. The summed E-state index contributed by atoms with van der Waals surface area (Å²) < 4.78 is 6.87. The van der Waals surface area contributed by atoms with Gasteiger partial charge in [0.15, 0.2) is 0 Å². The Morgan fingerprint density at radius 2 is 2.44 bits per heavy atom. The van der Waals surface area contributed by atoms with Gasteiger partial charge in [0.25, 0.3) is 5.69 Å². The number of hydrogen-bond acceptors (Lipinski definition) is 5. The highest BCUT2D eigenvalue weighted by Crippen LogP contribution is 2.29. The lowest BCUT2D eigenvalue weighted by Gasteiger charge is -2.12. The average Bonchev–Trinajstić information content (AvgIpc) is 2.83. The molecule has 1 saturated heterocycles. The van der Waals surface area contributed by atoms with E-state index in [4.69, 9.17) is 9.84 Å². The predicted molar refractivity (Wildman–Crippen MR) is 52.7 cm³/mol. The Morgan fingerprint density at radius 1 is 1.69 bits per heavy atom. The van der Waals surface area contributed by atoms with Crippen molar-refractivity contribution in [3.05, 3.63) is 28.6 Å². The van der Waals surface area contributed by atoms with Crippen LogP contribution in [0.3, 0.4) is 0 Å². The second kappa shape index (κ2) is 4.20. The molecule has 1 aromatic rings. The molecule has 0 bridgehead atoms. The summed E-state index contributed by atoms with van der Waals surface area (Å²) in [6.45, 7) is -0.263. The van der Waals surface area contributed by atoms with E-state index in [0.29, 0.717) is 6.42 Å². The van der Waals surface area contributed by atoms with Gasteiger partial charge in [0.2, 0.25) is 0 Å². The minimum absolute atomic E-state index is 0.0226. The highest BCUT2D eigenvalue weighted by molar-refractivity contribution is 5.26. The normalized spacial score (nSPS) is 29.5. The first-order valence-electron chi connectivity index (χ1n) is 4.88. The molecule has 7 heteroatoms. The van der Waals surface area contributed by atoms with Gasteiger partial charge < -0.3 is 19.5 Å². The van der Waals surface area contributed by atoms with Gasteiger partial charge in [0.1, 0.15) is 12.3 Å². The maximum absolute atomic E-state index is 10.5. The third kappa shape index (κ3) is 1.92. The van der Waals surface area contributed by atoms with E-state index in [1.54, 1.807) is 0 Å². The molecule has 1 aliphatic heterocycles. The van der Waals surface area contributed by atoms with Crippen LogP contribution in [0.25, 0.3) is 0 Å². The molecule has 0 radical (unpaired) electrons. The molecule has 1 aromatic heterocycles. The molecule has 0 saturated carbocycles. The molecule has 88 valence electrons. The molecular formula is C9H12N2O5. The van der Waals surface area contributed by atoms with Gasteiger partial charge in [0, 0.05) is 18.7 Å². The van der Waals surface area contributed by atoms with Gasteiger partial charge in [0.05, 0.1) is 23.8 Å². The smallest absolute Gasteiger partial charge is 0.286 e. The van der Waals surface area contributed by atoms with Crippen molar-refractivity contribution in [3.63, 3.8) is 0 Å². The van der Waals surface area contributed by atoms with Crippen LogP contribution in [-0.2, 0) is 4.74 Å². The molecule has 3 atom stereocenters. The minimum Gasteiger partial charge on any atom is -0.394 e. The molecule has 1 fully saturated rings. The van der Waals surface area contributed by atoms with Crippen LogP contribution in [0, 0.1) is 10.1 Å². The summed E-state index contributed by atoms with van der Waals surface area (Å²) in [4.78, 5) is 9.98. The van der Waals surface area contributed by atoms with E-state index in [9.17, 15) is 15.2 Å². The largest absolute Gasteiger partial charge is 0.394 e. The summed E-state index contributed by atoms with van der Waals surface area (Å²) in [5, 5.41) is 28.9. The van der Waals surface area contributed by atoms with Gasteiger partial charge in [-0.1, -0.05) is 0 Å². The standard InChI is InChI=1S/C9H12N2O5/c12-5-8-7(13)3-9(16-8)10-2-1-6(4-10)11(14)15/h1-2,4,7-9,12-13H,3,5H2/t7-,8-,9-/m1/s1. The monoisotopic (exact) mass is 228 g/mol. The Hall–Kier alpha value is -1.44. The summed E-state index contributed by atoms with van der Waals surface area (Å²) in [5.41, 5.74) is -0.0226. The summed E-state index contributed by atoms with van der Waals surface area (Å²) in [6, 6.07) is 1.36. The van der Waals surface area contributed by atoms with Crippen molar-refractivity contribution < 1.29 is 19.9 Å². The highest BCUT2D eigenvalue weighted by Gasteiger charge is 2.34. The van der Waals surface area contributed by atoms with E-state index in [1.807, 2.05) is 0 Å². The highest BCUT2D eigenvalue weighted by atomic mass is 16.6. The Balaban J connectivity index is 2.11. The van der Waals surface area contributed by atoms with Crippen LogP contribution in [0.4, 0.5) is 5.69 Å². The van der Waals surface area contributed by atoms with Gasteiger partial charge in [-0.2, -0.15) is 0 Å². The number of aromatic nitrogens is 1. The van der Waals surface area contributed by atoms with Crippen LogP contribution in [0.15, 0.2) is 18.5 Å². The number of aliphatic hydroxyl groups is 2. The van der Waals surface area contributed by atoms with Crippen molar-refractivity contribution in [3.8, 4) is 0 Å². The van der Waals surface area contributed by atoms with Crippen molar-refractivity contribution in [1.82, 2.24) is 4.57 Å². The lowest BCUT2D eigenvalue weighted by Crippen LogP contribution is -2.24. The lowest BCUT2D eigenvalue weighted by atomic mass is 10.2. The fourth-order valence-corrected chi connectivity index (χ4v) is 1.75. The Labute approximate surface area is 91.0 Å². The molecule has 0 amide bonds. The van der Waals surface area contributed by atoms with Crippen LogP contribution in [-0.4, -0.2) is 38.5 Å². The first kappa shape index (κ1) is 11.1. The predicted octanol–water partition coefficient (Wildman–Crippen LogP) is 0.0370. The Kier molecular flexibility index (Phi) is 2.90. The molecule has 1 aliphatic rings. The van der Waals surface area contributed by atoms with Gasteiger partial charge in [-0.15, -0.1) is 0 Å². The van der Waals surface area contributed by atoms with E-state index in [1.165, 1.54) is 23.0 Å². The molecule has 16 heavy (non-hydrogen) atoms. The quantitative estimate of drug-likeness (QED) is 0.562. The number of ether oxygens (including phenoxy) is 1. The zero-order chi connectivity index (χ0) is 11.7. The van der Waals surface area contributed by atoms with E-state index in [-0.39, 0.29) is 12.3 Å². The van der Waals surface area contributed by atoms with Crippen molar-refractivity contribution in [2.75, 3.05) is 6.61 Å². The minimum atomic E-state index is -0.739. The third-order valence-electron chi connectivity index (χ3n) is 2.63. The van der Waals surface area contributed by atoms with Crippen LogP contribution >= 0.6 is 0 Å². The second-order valence-corrected chi connectivity index (χ2v) is 3.69. The van der Waals surface area contributed by atoms with Crippen molar-refractivity contribution in [2.45, 2.75) is 24.9 Å². The maximum Gasteiger partial charge on any atom is 0.286 e. The molecule has 2 rings (SSSR count). The van der Waals surface area contributed by atoms with E-state index in [0.717, 1.165) is 0 Å². The zero-order valence-corrected chi connectivity index (χ0v) is 8.39. The van der Waals surface area contributed by atoms with Gasteiger partial charge in [-0.25, -0.2) is 0 Å². The van der Waals surface area contributed by atoms with Crippen LogP contribution in [0.2, 0.25) is 0 Å². The van der Waals surface area contributed by atoms with Crippen molar-refractivity contribution >= 4 is 5.69 Å². The number of hydrogen-bond donors (Lipinski definition) is 2. The summed E-state index contributed by atoms with van der Waals surface area (Å²) in [5.74, 6) is 0. The van der Waals surface area contributed by atoms with Crippen LogP contribution in [0.1, 0.15) is 12.6 Å². The molecule has 0 aliphatic carbocycles. The maximum atomic E-state index is 10.5. The summed E-state index contributed by atoms with van der Waals surface area (Å²) in [6.07, 6.45) is 1.37. The molecule has 0 aromatic carbocycles. The molecular weight excluding hydrogens is 216 g/mol. The summed E-state index contributed by atoms with van der Waals surface area (Å²) in [7, 11) is 0. The molecule has 7 nitrogen and oxygen atoms in total. The number of aliphatic hydroxyl groups excluding tert-OH is 2.